The Balaban J connectivity index is 1.61. The first-order chi connectivity index (χ1) is 17.4. The molecule has 0 bridgehead atoms. The third-order valence-electron chi connectivity index (χ3n) is 7.49. The van der Waals surface area contributed by atoms with Crippen LogP contribution in [-0.2, 0) is 6.54 Å². The Morgan fingerprint density at radius 3 is 2.58 bits per heavy atom. The van der Waals surface area contributed by atoms with E-state index in [1.807, 2.05) is 48.0 Å². The van der Waals surface area contributed by atoms with Gasteiger partial charge in [0.05, 0.1) is 13.7 Å². The largest absolute Gasteiger partial charge is 0.497 e. The molecule has 0 aliphatic heterocycles. The van der Waals surface area contributed by atoms with Gasteiger partial charge in [-0.3, -0.25) is 9.69 Å². The van der Waals surface area contributed by atoms with Crippen LogP contribution in [0.1, 0.15) is 66.2 Å². The summed E-state index contributed by atoms with van der Waals surface area (Å²) in [7, 11) is 3.77. The minimum atomic E-state index is -0.366. The Morgan fingerprint density at radius 2 is 1.86 bits per heavy atom. The lowest BCUT2D eigenvalue weighted by molar-refractivity contribution is 0.149. The van der Waals surface area contributed by atoms with Crippen molar-refractivity contribution in [2.45, 2.75) is 64.6 Å². The van der Waals surface area contributed by atoms with Crippen molar-refractivity contribution in [3.63, 3.8) is 0 Å². The number of nitrogens with zero attached hydrogens (tertiary/aromatic N) is 5. The maximum absolute atomic E-state index is 13.5. The Bertz CT molecular complexity index is 1400. The minimum Gasteiger partial charge on any atom is -0.497 e. The maximum atomic E-state index is 13.5. The number of aromatic amines is 1. The minimum absolute atomic E-state index is 0.0980. The lowest BCUT2D eigenvalue weighted by atomic mass is 9.92. The van der Waals surface area contributed by atoms with Crippen LogP contribution in [0.5, 0.6) is 5.75 Å². The van der Waals surface area contributed by atoms with Crippen molar-refractivity contribution in [3.8, 4) is 5.75 Å². The van der Waals surface area contributed by atoms with Gasteiger partial charge in [0.1, 0.15) is 11.8 Å². The number of aromatic nitrogens is 5. The molecule has 36 heavy (non-hydrogen) atoms. The lowest BCUT2D eigenvalue weighted by Crippen LogP contribution is -2.40. The molecule has 1 aliphatic rings. The van der Waals surface area contributed by atoms with Crippen LogP contribution in [0, 0.1) is 13.8 Å². The number of rotatable bonds is 7. The Kier molecular flexibility index (Phi) is 6.87. The fraction of sp³-hybridized carbons (Fsp3) is 0.429. The number of nitrogens with one attached hydrogen (secondary N) is 1. The zero-order valence-corrected chi connectivity index (χ0v) is 21.5. The number of H-pyrrole nitrogens is 1. The van der Waals surface area contributed by atoms with Gasteiger partial charge in [0.15, 0.2) is 5.82 Å². The average molecular weight is 487 g/mol. The SMILES string of the molecule is COc1ccc(Cn2nnnc2[C@H](c2cc3c(C)cc(C)cc3[nH]c2=O)N(C)C2CCCCC2)cc1. The van der Waals surface area contributed by atoms with Gasteiger partial charge in [-0.25, -0.2) is 4.68 Å². The van der Waals surface area contributed by atoms with Crippen LogP contribution in [0.3, 0.4) is 0 Å². The van der Waals surface area contributed by atoms with Gasteiger partial charge in [0, 0.05) is 22.5 Å². The van der Waals surface area contributed by atoms with Crippen molar-refractivity contribution in [1.82, 2.24) is 30.1 Å². The van der Waals surface area contributed by atoms with Gasteiger partial charge in [-0.05, 0) is 85.1 Å². The first-order valence-corrected chi connectivity index (χ1v) is 12.7. The summed E-state index contributed by atoms with van der Waals surface area (Å²) in [5.74, 6) is 1.48. The van der Waals surface area contributed by atoms with E-state index in [4.69, 9.17) is 4.74 Å². The van der Waals surface area contributed by atoms with Crippen LogP contribution in [0.2, 0.25) is 0 Å². The Hall–Kier alpha value is -3.52. The van der Waals surface area contributed by atoms with Crippen LogP contribution in [0.15, 0.2) is 47.3 Å². The summed E-state index contributed by atoms with van der Waals surface area (Å²) >= 11 is 0. The van der Waals surface area contributed by atoms with Crippen molar-refractivity contribution in [3.05, 3.63) is 80.9 Å². The number of methoxy groups -OCH3 is 1. The molecule has 0 spiro atoms. The van der Waals surface area contributed by atoms with E-state index in [1.54, 1.807) is 7.11 Å². The number of aryl methyl sites for hydroxylation is 2. The lowest BCUT2D eigenvalue weighted by Gasteiger charge is -2.36. The van der Waals surface area contributed by atoms with Gasteiger partial charge >= 0.3 is 0 Å². The van der Waals surface area contributed by atoms with E-state index in [1.165, 1.54) is 19.3 Å². The van der Waals surface area contributed by atoms with Crippen molar-refractivity contribution in [2.75, 3.05) is 14.2 Å². The Morgan fingerprint density at radius 1 is 1.11 bits per heavy atom. The number of benzene rings is 2. The van der Waals surface area contributed by atoms with E-state index in [-0.39, 0.29) is 11.6 Å². The number of fused-ring (bicyclic) bond motifs is 1. The first-order valence-electron chi connectivity index (χ1n) is 12.7. The molecular formula is C28H34N6O2. The summed E-state index contributed by atoms with van der Waals surface area (Å²) in [4.78, 5) is 19.0. The van der Waals surface area contributed by atoms with Gasteiger partial charge in [-0.1, -0.05) is 37.5 Å². The van der Waals surface area contributed by atoms with Gasteiger partial charge in [0.25, 0.3) is 5.56 Å². The molecule has 2 heterocycles. The molecule has 188 valence electrons. The third-order valence-corrected chi connectivity index (χ3v) is 7.49. The van der Waals surface area contributed by atoms with E-state index in [0.29, 0.717) is 24.0 Å². The van der Waals surface area contributed by atoms with Crippen LogP contribution in [0.25, 0.3) is 10.9 Å². The highest BCUT2D eigenvalue weighted by molar-refractivity contribution is 5.83. The quantitative estimate of drug-likeness (QED) is 0.413. The molecule has 0 unspecified atom stereocenters. The first kappa shape index (κ1) is 24.2. The molecular weight excluding hydrogens is 452 g/mol. The van der Waals surface area contributed by atoms with Crippen LogP contribution >= 0.6 is 0 Å². The molecule has 0 amide bonds. The highest BCUT2D eigenvalue weighted by atomic mass is 16.5. The molecule has 2 aromatic carbocycles. The molecule has 5 rings (SSSR count). The fourth-order valence-corrected chi connectivity index (χ4v) is 5.56. The van der Waals surface area contributed by atoms with Crippen LogP contribution in [0.4, 0.5) is 0 Å². The summed E-state index contributed by atoms with van der Waals surface area (Å²) < 4.78 is 7.11. The molecule has 0 radical (unpaired) electrons. The summed E-state index contributed by atoms with van der Waals surface area (Å²) in [6, 6.07) is 14.1. The zero-order chi connectivity index (χ0) is 25.2. The number of tetrazole rings is 1. The summed E-state index contributed by atoms with van der Waals surface area (Å²) in [5, 5.41) is 13.9. The van der Waals surface area contributed by atoms with Crippen LogP contribution in [-0.4, -0.2) is 50.3 Å². The number of pyridine rings is 1. The van der Waals surface area contributed by atoms with Crippen LogP contribution < -0.4 is 10.3 Å². The molecule has 0 saturated heterocycles. The molecule has 4 aromatic rings. The molecule has 1 atom stereocenters. The second kappa shape index (κ2) is 10.2. The zero-order valence-electron chi connectivity index (χ0n) is 21.5. The third kappa shape index (κ3) is 4.78. The smallest absolute Gasteiger partial charge is 0.253 e. The van der Waals surface area contributed by atoms with E-state index in [9.17, 15) is 4.79 Å². The highest BCUT2D eigenvalue weighted by Crippen LogP contribution is 2.33. The topological polar surface area (TPSA) is 88.9 Å². The molecule has 1 N–H and O–H groups in total. The molecule has 1 fully saturated rings. The standard InChI is InChI=1S/C28H34N6O2/c1-18-14-19(2)23-16-24(28(35)29-25(23)15-18)26(33(3)21-8-6-5-7-9-21)27-30-31-32-34(27)17-20-10-12-22(36-4)13-11-20/h10-16,21,26H,5-9,17H2,1-4H3,(H,29,35)/t26-/m0/s1. The van der Waals surface area contributed by atoms with Gasteiger partial charge in [0.2, 0.25) is 0 Å². The second-order valence-corrected chi connectivity index (χ2v) is 10.00. The summed E-state index contributed by atoms with van der Waals surface area (Å²) in [5.41, 5.74) is 4.76. The molecule has 2 aromatic heterocycles. The number of ether oxygens (including phenoxy) is 1. The van der Waals surface area contributed by atoms with E-state index in [2.05, 4.69) is 45.4 Å². The monoisotopic (exact) mass is 486 g/mol. The van der Waals surface area contributed by atoms with Gasteiger partial charge in [-0.15, -0.1) is 5.10 Å². The van der Waals surface area contributed by atoms with Gasteiger partial charge in [-0.2, -0.15) is 0 Å². The average Bonchev–Trinajstić information content (AvgIpc) is 3.33. The molecule has 1 aliphatic carbocycles. The fourth-order valence-electron chi connectivity index (χ4n) is 5.56. The normalized spacial score (nSPS) is 15.5. The van der Waals surface area contributed by atoms with Crippen molar-refractivity contribution < 1.29 is 4.74 Å². The summed E-state index contributed by atoms with van der Waals surface area (Å²) in [6.07, 6.45) is 5.88. The van der Waals surface area contributed by atoms with E-state index in [0.717, 1.165) is 46.2 Å². The van der Waals surface area contributed by atoms with Gasteiger partial charge < -0.3 is 9.72 Å². The maximum Gasteiger partial charge on any atom is 0.253 e. The number of hydrogen-bond donors (Lipinski definition) is 1. The van der Waals surface area contributed by atoms with Crippen molar-refractivity contribution >= 4 is 10.9 Å². The second-order valence-electron chi connectivity index (χ2n) is 10.00. The van der Waals surface area contributed by atoms with E-state index < -0.39 is 0 Å². The van der Waals surface area contributed by atoms with Crippen molar-refractivity contribution in [1.29, 1.82) is 0 Å². The predicted molar refractivity (Wildman–Crippen MR) is 140 cm³/mol. The predicted octanol–water partition coefficient (Wildman–Crippen LogP) is 4.54. The highest BCUT2D eigenvalue weighted by Gasteiger charge is 2.33. The Labute approximate surface area is 211 Å². The molecule has 1 saturated carbocycles. The van der Waals surface area contributed by atoms with E-state index >= 15 is 0 Å². The van der Waals surface area contributed by atoms with Crippen molar-refractivity contribution in [2.24, 2.45) is 0 Å². The molecule has 8 heteroatoms. The molecule has 8 nitrogen and oxygen atoms in total. The number of hydrogen-bond acceptors (Lipinski definition) is 6. The summed E-state index contributed by atoms with van der Waals surface area (Å²) in [6.45, 7) is 4.64.